The van der Waals surface area contributed by atoms with Gasteiger partial charge in [-0.15, -0.1) is 0 Å². The lowest BCUT2D eigenvalue weighted by Gasteiger charge is -2.41. The van der Waals surface area contributed by atoms with Gasteiger partial charge in [0.15, 0.2) is 6.35 Å². The molecule has 2 aliphatic heterocycles. The van der Waals surface area contributed by atoms with Gasteiger partial charge in [-0.05, 0) is 68.2 Å². The molecule has 2 unspecified atom stereocenters. The minimum atomic E-state index is -1.13. The van der Waals surface area contributed by atoms with Crippen molar-refractivity contribution in [1.29, 1.82) is 0 Å². The number of aliphatic hydroxyl groups excluding tert-OH is 1. The molecule has 0 spiro atoms. The van der Waals surface area contributed by atoms with Crippen LogP contribution in [-0.2, 0) is 4.79 Å². The van der Waals surface area contributed by atoms with Crippen molar-refractivity contribution in [2.45, 2.75) is 51.2 Å². The summed E-state index contributed by atoms with van der Waals surface area (Å²) in [5.74, 6) is 1.69. The number of rotatable bonds is 8. The Kier molecular flexibility index (Phi) is 8.71. The first-order valence-electron chi connectivity index (χ1n) is 13.5. The van der Waals surface area contributed by atoms with Crippen LogP contribution in [0.15, 0.2) is 70.2 Å². The highest BCUT2D eigenvalue weighted by Crippen LogP contribution is 2.43. The van der Waals surface area contributed by atoms with Crippen LogP contribution in [0.5, 0.6) is 11.5 Å². The van der Waals surface area contributed by atoms with Gasteiger partial charge < -0.3 is 24.8 Å². The SMILES string of the molecule is COc1ccc(C2=NC(C3=CC=C(Cl)CC3)C(c3ccc(Cl)cc3)N2[C@H](O)N2CCNC(=O)C2)c(OC(C)C)c1. The highest BCUT2D eigenvalue weighted by atomic mass is 35.5. The highest BCUT2D eigenvalue weighted by molar-refractivity contribution is 6.30. The molecule has 1 amide bonds. The molecule has 0 radical (unpaired) electrons. The Hall–Kier alpha value is -3.04. The predicted octanol–water partition coefficient (Wildman–Crippen LogP) is 4.86. The van der Waals surface area contributed by atoms with E-state index in [0.717, 1.165) is 34.6 Å². The van der Waals surface area contributed by atoms with E-state index in [1.54, 1.807) is 12.0 Å². The third-order valence-corrected chi connectivity index (χ3v) is 7.83. The molecule has 2 aromatic rings. The van der Waals surface area contributed by atoms with Crippen LogP contribution >= 0.6 is 23.2 Å². The van der Waals surface area contributed by atoms with Gasteiger partial charge in [-0.3, -0.25) is 9.79 Å². The minimum absolute atomic E-state index is 0.0714. The maximum Gasteiger partial charge on any atom is 0.234 e. The van der Waals surface area contributed by atoms with Gasteiger partial charge in [-0.1, -0.05) is 41.4 Å². The summed E-state index contributed by atoms with van der Waals surface area (Å²) < 4.78 is 11.7. The number of benzene rings is 2. The summed E-state index contributed by atoms with van der Waals surface area (Å²) in [7, 11) is 1.61. The molecular formula is C30H34Cl2N4O4. The fourth-order valence-electron chi connectivity index (χ4n) is 5.37. The van der Waals surface area contributed by atoms with Crippen LogP contribution in [0.3, 0.4) is 0 Å². The average Bonchev–Trinajstić information content (AvgIpc) is 3.33. The van der Waals surface area contributed by atoms with E-state index >= 15 is 0 Å². The van der Waals surface area contributed by atoms with Crippen molar-refractivity contribution in [2.75, 3.05) is 26.7 Å². The zero-order valence-electron chi connectivity index (χ0n) is 22.8. The van der Waals surface area contributed by atoms with Crippen molar-refractivity contribution in [1.82, 2.24) is 15.1 Å². The Balaban J connectivity index is 1.69. The monoisotopic (exact) mass is 584 g/mol. The topological polar surface area (TPSA) is 86.6 Å². The normalized spacial score (nSPS) is 22.4. The number of halogens is 2. The van der Waals surface area contributed by atoms with Crippen LogP contribution in [0.25, 0.3) is 0 Å². The molecule has 8 nitrogen and oxygen atoms in total. The number of aliphatic hydroxyl groups is 1. The third-order valence-electron chi connectivity index (χ3n) is 7.26. The standard InChI is InChI=1S/C30H34Cl2N4O4/c1-18(2)40-25-16-23(39-3)12-13-24(25)29-34-27(19-4-8-21(31)9-5-19)28(20-6-10-22(32)11-7-20)36(29)30(38)35-15-14-33-26(37)17-35/h4,6-8,10-13,16,18,27-28,30,38H,5,9,14-15,17H2,1-3H3,(H,33,37)/t27?,28?,30-/m1/s1. The molecule has 2 N–H and O–H groups in total. The lowest BCUT2D eigenvalue weighted by molar-refractivity contribution is -0.137. The summed E-state index contributed by atoms with van der Waals surface area (Å²) in [5, 5.41) is 16.2. The van der Waals surface area contributed by atoms with Gasteiger partial charge in [0, 0.05) is 29.2 Å². The van der Waals surface area contributed by atoms with Crippen molar-refractivity contribution < 1.29 is 19.4 Å². The first kappa shape index (κ1) is 28.5. The predicted molar refractivity (Wildman–Crippen MR) is 157 cm³/mol. The molecule has 0 saturated carbocycles. The van der Waals surface area contributed by atoms with E-state index in [1.807, 2.05) is 73.4 Å². The van der Waals surface area contributed by atoms with Crippen molar-refractivity contribution >= 4 is 34.9 Å². The van der Waals surface area contributed by atoms with Crippen molar-refractivity contribution in [3.63, 3.8) is 0 Å². The molecular weight excluding hydrogens is 551 g/mol. The quantitative estimate of drug-likeness (QED) is 0.461. The first-order chi connectivity index (χ1) is 19.2. The Morgan fingerprint density at radius 2 is 1.88 bits per heavy atom. The molecule has 10 heteroatoms. The zero-order chi connectivity index (χ0) is 28.4. The van der Waals surface area contributed by atoms with E-state index in [0.29, 0.717) is 35.4 Å². The van der Waals surface area contributed by atoms with Gasteiger partial charge >= 0.3 is 0 Å². The fourth-order valence-corrected chi connectivity index (χ4v) is 5.66. The van der Waals surface area contributed by atoms with E-state index in [1.165, 1.54) is 0 Å². The zero-order valence-corrected chi connectivity index (χ0v) is 24.3. The smallest absolute Gasteiger partial charge is 0.234 e. The summed E-state index contributed by atoms with van der Waals surface area (Å²) in [6.45, 7) is 4.93. The molecule has 40 heavy (non-hydrogen) atoms. The summed E-state index contributed by atoms with van der Waals surface area (Å²) in [6.07, 6.45) is 4.19. The molecule has 2 aromatic carbocycles. The van der Waals surface area contributed by atoms with Crippen molar-refractivity contribution in [2.24, 2.45) is 4.99 Å². The van der Waals surface area contributed by atoms with E-state index in [9.17, 15) is 9.90 Å². The molecule has 1 aliphatic carbocycles. The largest absolute Gasteiger partial charge is 0.497 e. The van der Waals surface area contributed by atoms with E-state index in [4.69, 9.17) is 37.7 Å². The molecule has 1 saturated heterocycles. The number of amidine groups is 1. The second-order valence-electron chi connectivity index (χ2n) is 10.4. The highest BCUT2D eigenvalue weighted by Gasteiger charge is 2.45. The van der Waals surface area contributed by atoms with Crippen LogP contribution in [0.4, 0.5) is 0 Å². The molecule has 0 aromatic heterocycles. The molecule has 5 rings (SSSR count). The number of amides is 1. The van der Waals surface area contributed by atoms with Crippen LogP contribution in [0.1, 0.15) is 43.9 Å². The Labute approximate surface area is 244 Å². The van der Waals surface area contributed by atoms with Crippen molar-refractivity contribution in [3.8, 4) is 11.5 Å². The van der Waals surface area contributed by atoms with Crippen LogP contribution in [-0.4, -0.2) is 71.9 Å². The van der Waals surface area contributed by atoms with E-state index in [2.05, 4.69) is 5.32 Å². The number of ether oxygens (including phenoxy) is 2. The second-order valence-corrected chi connectivity index (χ2v) is 11.3. The number of nitrogens with one attached hydrogen (secondary N) is 1. The number of hydrogen-bond acceptors (Lipinski definition) is 7. The third kappa shape index (κ3) is 6.00. The molecule has 2 heterocycles. The van der Waals surface area contributed by atoms with Gasteiger partial charge in [0.2, 0.25) is 5.91 Å². The lowest BCUT2D eigenvalue weighted by atomic mass is 9.89. The summed E-state index contributed by atoms with van der Waals surface area (Å²) in [4.78, 5) is 21.3. The number of aliphatic imine (C=N–C) groups is 1. The second kappa shape index (κ2) is 12.2. The van der Waals surface area contributed by atoms with Crippen molar-refractivity contribution in [3.05, 3.63) is 81.4 Å². The van der Waals surface area contributed by atoms with Gasteiger partial charge in [0.05, 0.1) is 37.4 Å². The number of methoxy groups -OCH3 is 1. The Morgan fingerprint density at radius 1 is 1.10 bits per heavy atom. The number of carbonyl (C=O) groups excluding carboxylic acids is 1. The average molecular weight is 586 g/mol. The maximum atomic E-state index is 12.3. The van der Waals surface area contributed by atoms with Crippen LogP contribution < -0.4 is 14.8 Å². The van der Waals surface area contributed by atoms with Gasteiger partial charge in [0.25, 0.3) is 0 Å². The number of carbonyl (C=O) groups is 1. The van der Waals surface area contributed by atoms with E-state index < -0.39 is 6.35 Å². The first-order valence-corrected chi connectivity index (χ1v) is 14.2. The number of piperazine rings is 1. The molecule has 1 fully saturated rings. The van der Waals surface area contributed by atoms with Gasteiger partial charge in [0.1, 0.15) is 17.3 Å². The van der Waals surface area contributed by atoms with Crippen LogP contribution in [0, 0.1) is 0 Å². The van der Waals surface area contributed by atoms with E-state index in [-0.39, 0.29) is 30.6 Å². The summed E-state index contributed by atoms with van der Waals surface area (Å²) >= 11 is 12.6. The maximum absolute atomic E-state index is 12.3. The minimum Gasteiger partial charge on any atom is -0.497 e. The summed E-state index contributed by atoms with van der Waals surface area (Å²) in [6, 6.07) is 12.5. The molecule has 3 aliphatic rings. The molecule has 212 valence electrons. The fraction of sp³-hybridized carbons (Fsp3) is 0.400. The Bertz CT molecular complexity index is 1340. The molecule has 3 atom stereocenters. The Morgan fingerprint density at radius 3 is 2.52 bits per heavy atom. The van der Waals surface area contributed by atoms with Gasteiger partial charge in [-0.25, -0.2) is 4.90 Å². The van der Waals surface area contributed by atoms with Crippen LogP contribution in [0.2, 0.25) is 5.02 Å². The molecule has 0 bridgehead atoms. The number of nitrogens with zero attached hydrogens (tertiary/aromatic N) is 3. The number of hydrogen-bond donors (Lipinski definition) is 2. The number of allylic oxidation sites excluding steroid dienone is 3. The summed E-state index contributed by atoms with van der Waals surface area (Å²) in [5.41, 5.74) is 2.77. The lowest BCUT2D eigenvalue weighted by Crippen LogP contribution is -2.58. The van der Waals surface area contributed by atoms with Gasteiger partial charge in [-0.2, -0.15) is 0 Å².